The Morgan fingerprint density at radius 1 is 1.35 bits per heavy atom. The Morgan fingerprint density at radius 2 is 1.94 bits per heavy atom. The van der Waals surface area contributed by atoms with Crippen LogP contribution in [0.2, 0.25) is 0 Å². The highest BCUT2D eigenvalue weighted by Crippen LogP contribution is 2.10. The number of rotatable bonds is 5. The zero-order chi connectivity index (χ0) is 12.0. The molecule has 2 atom stereocenters. The molecule has 96 valence electrons. The average Bonchev–Trinajstić information content (AvgIpc) is 2.27. The fraction of sp³-hybridized carbons (Fsp3) is 0.417. The first kappa shape index (κ1) is 15.7. The standard InChI is InChI=1S/C12H18N2O2.ClH/c1-9(8-14-12(15)10(2)13)16-11-6-4-3-5-7-11;/h3-7,9-10H,8,13H2,1-2H3,(H,14,15);1H/t9?,10-;/m0./s1. The van der Waals surface area contributed by atoms with Crippen molar-refractivity contribution < 1.29 is 9.53 Å². The third-order valence-electron chi connectivity index (χ3n) is 2.06. The number of ether oxygens (including phenoxy) is 1. The van der Waals surface area contributed by atoms with Crippen molar-refractivity contribution in [2.24, 2.45) is 5.73 Å². The minimum atomic E-state index is -0.482. The summed E-state index contributed by atoms with van der Waals surface area (Å²) in [6.07, 6.45) is -0.0786. The highest BCUT2D eigenvalue weighted by atomic mass is 35.5. The van der Waals surface area contributed by atoms with Crippen LogP contribution in [0.1, 0.15) is 13.8 Å². The highest BCUT2D eigenvalue weighted by Gasteiger charge is 2.09. The Morgan fingerprint density at radius 3 is 2.47 bits per heavy atom. The van der Waals surface area contributed by atoms with Gasteiger partial charge >= 0.3 is 0 Å². The van der Waals surface area contributed by atoms with Crippen LogP contribution in [0.5, 0.6) is 5.75 Å². The third kappa shape index (κ3) is 6.14. The summed E-state index contributed by atoms with van der Waals surface area (Å²) >= 11 is 0. The normalized spacial score (nSPS) is 13.1. The van der Waals surface area contributed by atoms with Gasteiger partial charge in [-0.3, -0.25) is 4.79 Å². The van der Waals surface area contributed by atoms with Gasteiger partial charge in [0.05, 0.1) is 12.6 Å². The van der Waals surface area contributed by atoms with E-state index in [1.807, 2.05) is 37.3 Å². The van der Waals surface area contributed by atoms with Crippen molar-refractivity contribution in [2.75, 3.05) is 6.54 Å². The van der Waals surface area contributed by atoms with Crippen LogP contribution in [-0.2, 0) is 4.79 Å². The number of benzene rings is 1. The topological polar surface area (TPSA) is 64.4 Å². The molecule has 0 fully saturated rings. The molecule has 4 nitrogen and oxygen atoms in total. The Labute approximate surface area is 108 Å². The number of nitrogens with two attached hydrogens (primary N) is 1. The van der Waals surface area contributed by atoms with Crippen LogP contribution in [0.3, 0.4) is 0 Å². The summed E-state index contributed by atoms with van der Waals surface area (Å²) in [4.78, 5) is 11.2. The Bertz CT molecular complexity index is 331. The number of carbonyl (C=O) groups excluding carboxylic acids is 1. The van der Waals surface area contributed by atoms with Crippen LogP contribution in [0, 0.1) is 0 Å². The van der Waals surface area contributed by atoms with E-state index in [0.717, 1.165) is 5.75 Å². The summed E-state index contributed by atoms with van der Waals surface area (Å²) in [6.45, 7) is 4.00. The van der Waals surface area contributed by atoms with E-state index in [1.165, 1.54) is 0 Å². The van der Waals surface area contributed by atoms with E-state index >= 15 is 0 Å². The zero-order valence-electron chi connectivity index (χ0n) is 10.1. The van der Waals surface area contributed by atoms with Crippen molar-refractivity contribution in [3.63, 3.8) is 0 Å². The van der Waals surface area contributed by atoms with Crippen LogP contribution in [-0.4, -0.2) is 24.6 Å². The molecule has 0 saturated carbocycles. The number of hydrogen-bond donors (Lipinski definition) is 2. The Hall–Kier alpha value is -1.26. The first-order valence-corrected chi connectivity index (χ1v) is 5.34. The molecule has 3 N–H and O–H groups in total. The van der Waals surface area contributed by atoms with Gasteiger partial charge in [-0.25, -0.2) is 0 Å². The number of carbonyl (C=O) groups is 1. The molecule has 0 saturated heterocycles. The highest BCUT2D eigenvalue weighted by molar-refractivity contribution is 5.85. The van der Waals surface area contributed by atoms with E-state index in [2.05, 4.69) is 5.32 Å². The van der Waals surface area contributed by atoms with Crippen molar-refractivity contribution in [1.29, 1.82) is 0 Å². The van der Waals surface area contributed by atoms with E-state index in [1.54, 1.807) is 6.92 Å². The van der Waals surface area contributed by atoms with Crippen molar-refractivity contribution in [3.8, 4) is 5.75 Å². The lowest BCUT2D eigenvalue weighted by atomic mass is 10.3. The van der Waals surface area contributed by atoms with E-state index < -0.39 is 6.04 Å². The van der Waals surface area contributed by atoms with E-state index in [-0.39, 0.29) is 24.4 Å². The van der Waals surface area contributed by atoms with Gasteiger partial charge in [0.1, 0.15) is 11.9 Å². The molecule has 0 radical (unpaired) electrons. The molecule has 0 spiro atoms. The predicted octanol–water partition coefficient (Wildman–Crippen LogP) is 1.34. The summed E-state index contributed by atoms with van der Waals surface area (Å²) in [5.74, 6) is 0.633. The number of hydrogen-bond acceptors (Lipinski definition) is 3. The van der Waals surface area contributed by atoms with Crippen LogP contribution in [0.25, 0.3) is 0 Å². The van der Waals surface area contributed by atoms with E-state index in [9.17, 15) is 4.79 Å². The number of nitrogens with one attached hydrogen (secondary N) is 1. The van der Waals surface area contributed by atoms with Crippen LogP contribution in [0.15, 0.2) is 30.3 Å². The average molecular weight is 259 g/mol. The zero-order valence-corrected chi connectivity index (χ0v) is 10.9. The molecule has 17 heavy (non-hydrogen) atoms. The molecule has 5 heteroatoms. The third-order valence-corrected chi connectivity index (χ3v) is 2.06. The lowest BCUT2D eigenvalue weighted by Gasteiger charge is -2.16. The summed E-state index contributed by atoms with van der Waals surface area (Å²) in [5.41, 5.74) is 5.42. The van der Waals surface area contributed by atoms with E-state index in [4.69, 9.17) is 10.5 Å². The second-order valence-corrected chi connectivity index (χ2v) is 3.78. The van der Waals surface area contributed by atoms with Gasteiger partial charge in [0.15, 0.2) is 0 Å². The molecular weight excluding hydrogens is 240 g/mol. The minimum Gasteiger partial charge on any atom is -0.489 e. The Kier molecular flexibility index (Phi) is 7.34. The maximum atomic E-state index is 11.2. The molecule has 1 aromatic rings. The maximum Gasteiger partial charge on any atom is 0.236 e. The molecular formula is C12H19ClN2O2. The number of halogens is 1. The van der Waals surface area contributed by atoms with Gasteiger partial charge in [0.25, 0.3) is 0 Å². The first-order chi connectivity index (χ1) is 7.59. The molecule has 1 aromatic carbocycles. The smallest absolute Gasteiger partial charge is 0.236 e. The van der Waals surface area contributed by atoms with Gasteiger partial charge in [-0.15, -0.1) is 12.4 Å². The fourth-order valence-corrected chi connectivity index (χ4v) is 1.18. The van der Waals surface area contributed by atoms with Gasteiger partial charge in [0.2, 0.25) is 5.91 Å². The van der Waals surface area contributed by atoms with Gasteiger partial charge in [-0.05, 0) is 26.0 Å². The van der Waals surface area contributed by atoms with Gasteiger partial charge in [0, 0.05) is 0 Å². The first-order valence-electron chi connectivity index (χ1n) is 5.34. The Balaban J connectivity index is 0.00000256. The summed E-state index contributed by atoms with van der Waals surface area (Å²) in [6, 6.07) is 9.01. The SMILES string of the molecule is CC(CNC(=O)[C@H](C)N)Oc1ccccc1.Cl. The number of para-hydroxylation sites is 1. The second kappa shape index (κ2) is 7.92. The molecule has 1 rings (SSSR count). The molecule has 1 amide bonds. The van der Waals surface area contributed by atoms with Crippen molar-refractivity contribution in [1.82, 2.24) is 5.32 Å². The molecule has 1 unspecified atom stereocenters. The van der Waals surface area contributed by atoms with Crippen molar-refractivity contribution in [2.45, 2.75) is 26.0 Å². The molecule has 0 bridgehead atoms. The second-order valence-electron chi connectivity index (χ2n) is 3.78. The fourth-order valence-electron chi connectivity index (χ4n) is 1.18. The molecule has 0 heterocycles. The van der Waals surface area contributed by atoms with Crippen molar-refractivity contribution in [3.05, 3.63) is 30.3 Å². The van der Waals surface area contributed by atoms with Crippen LogP contribution >= 0.6 is 12.4 Å². The molecule has 0 aromatic heterocycles. The quantitative estimate of drug-likeness (QED) is 0.838. The molecule has 0 aliphatic heterocycles. The van der Waals surface area contributed by atoms with Gasteiger partial charge < -0.3 is 15.8 Å². The lowest BCUT2D eigenvalue weighted by molar-refractivity contribution is -0.122. The van der Waals surface area contributed by atoms with Crippen LogP contribution < -0.4 is 15.8 Å². The summed E-state index contributed by atoms with van der Waals surface area (Å²) in [5, 5.41) is 2.71. The largest absolute Gasteiger partial charge is 0.489 e. The lowest BCUT2D eigenvalue weighted by Crippen LogP contribution is -2.42. The summed E-state index contributed by atoms with van der Waals surface area (Å²) in [7, 11) is 0. The van der Waals surface area contributed by atoms with E-state index in [0.29, 0.717) is 6.54 Å². The molecule has 0 aliphatic rings. The maximum absolute atomic E-state index is 11.2. The molecule has 0 aliphatic carbocycles. The summed E-state index contributed by atoms with van der Waals surface area (Å²) < 4.78 is 5.59. The van der Waals surface area contributed by atoms with Crippen molar-refractivity contribution >= 4 is 18.3 Å². The monoisotopic (exact) mass is 258 g/mol. The van der Waals surface area contributed by atoms with Crippen LogP contribution in [0.4, 0.5) is 0 Å². The predicted molar refractivity (Wildman–Crippen MR) is 70.4 cm³/mol. The minimum absolute atomic E-state index is 0. The number of amides is 1. The van der Waals surface area contributed by atoms with Gasteiger partial charge in [-0.1, -0.05) is 18.2 Å². The van der Waals surface area contributed by atoms with Gasteiger partial charge in [-0.2, -0.15) is 0 Å².